The maximum Gasteiger partial charge on any atom is 0.163 e. The van der Waals surface area contributed by atoms with Crippen molar-refractivity contribution in [1.29, 1.82) is 5.26 Å². The zero-order valence-corrected chi connectivity index (χ0v) is 16.7. The van der Waals surface area contributed by atoms with E-state index in [0.717, 1.165) is 22.4 Å². The molecule has 0 aliphatic carbocycles. The van der Waals surface area contributed by atoms with Crippen LogP contribution in [0.2, 0.25) is 5.02 Å². The average Bonchev–Trinajstić information content (AvgIpc) is 3.14. The SMILES string of the molecule is N#Cc1cccc(OC2CN(c3ncnc4c3cnn4Cc3cccc(Cl)c3)C2)c1. The van der Waals surface area contributed by atoms with Crippen LogP contribution in [-0.2, 0) is 6.54 Å². The number of benzene rings is 2. The second kappa shape index (κ2) is 7.65. The minimum absolute atomic E-state index is 0.0467. The number of anilines is 1. The van der Waals surface area contributed by atoms with E-state index < -0.39 is 0 Å². The third-order valence-electron chi connectivity index (χ3n) is 5.05. The van der Waals surface area contributed by atoms with Gasteiger partial charge in [0.15, 0.2) is 5.65 Å². The fourth-order valence-electron chi connectivity index (χ4n) is 3.57. The second-order valence-corrected chi connectivity index (χ2v) is 7.59. The van der Waals surface area contributed by atoms with Gasteiger partial charge in [0.25, 0.3) is 0 Å². The molecule has 7 nitrogen and oxygen atoms in total. The van der Waals surface area contributed by atoms with E-state index >= 15 is 0 Å². The summed E-state index contributed by atoms with van der Waals surface area (Å²) in [4.78, 5) is 11.1. The zero-order chi connectivity index (χ0) is 20.5. The van der Waals surface area contributed by atoms with Gasteiger partial charge >= 0.3 is 0 Å². The molecule has 4 aromatic rings. The Morgan fingerprint density at radius 1 is 1.13 bits per heavy atom. The van der Waals surface area contributed by atoms with E-state index in [2.05, 4.69) is 26.0 Å². The molecule has 0 atom stereocenters. The lowest BCUT2D eigenvalue weighted by molar-refractivity contribution is 0.167. The number of ether oxygens (including phenoxy) is 1. The van der Waals surface area contributed by atoms with Crippen molar-refractivity contribution in [3.63, 3.8) is 0 Å². The minimum atomic E-state index is 0.0467. The molecule has 30 heavy (non-hydrogen) atoms. The lowest BCUT2D eigenvalue weighted by Gasteiger charge is -2.39. The Hall–Kier alpha value is -3.63. The van der Waals surface area contributed by atoms with Crippen LogP contribution in [0.15, 0.2) is 61.1 Å². The molecule has 0 unspecified atom stereocenters. The molecular formula is C22H17ClN6O. The Bertz CT molecular complexity index is 1260. The molecule has 1 saturated heterocycles. The van der Waals surface area contributed by atoms with Crippen LogP contribution in [0, 0.1) is 11.3 Å². The molecule has 0 N–H and O–H groups in total. The molecular weight excluding hydrogens is 400 g/mol. The summed E-state index contributed by atoms with van der Waals surface area (Å²) in [5.74, 6) is 1.56. The highest BCUT2D eigenvalue weighted by molar-refractivity contribution is 6.30. The van der Waals surface area contributed by atoms with Gasteiger partial charge in [-0.25, -0.2) is 14.6 Å². The van der Waals surface area contributed by atoms with Crippen molar-refractivity contribution < 1.29 is 4.74 Å². The van der Waals surface area contributed by atoms with Crippen LogP contribution in [0.25, 0.3) is 11.0 Å². The van der Waals surface area contributed by atoms with Crippen molar-refractivity contribution in [2.24, 2.45) is 0 Å². The normalized spacial score (nSPS) is 13.8. The van der Waals surface area contributed by atoms with E-state index in [9.17, 15) is 0 Å². The van der Waals surface area contributed by atoms with Crippen LogP contribution in [0.3, 0.4) is 0 Å². The third-order valence-corrected chi connectivity index (χ3v) is 5.28. The summed E-state index contributed by atoms with van der Waals surface area (Å²) in [7, 11) is 0. The fourth-order valence-corrected chi connectivity index (χ4v) is 3.79. The molecule has 5 rings (SSSR count). The van der Waals surface area contributed by atoms with Crippen molar-refractivity contribution in [1.82, 2.24) is 19.7 Å². The molecule has 0 amide bonds. The molecule has 0 spiro atoms. The summed E-state index contributed by atoms with van der Waals surface area (Å²) in [5, 5.41) is 15.1. The average molecular weight is 417 g/mol. The van der Waals surface area contributed by atoms with Crippen molar-refractivity contribution in [2.45, 2.75) is 12.6 Å². The summed E-state index contributed by atoms with van der Waals surface area (Å²) >= 11 is 6.10. The van der Waals surface area contributed by atoms with Gasteiger partial charge in [-0.05, 0) is 35.9 Å². The van der Waals surface area contributed by atoms with E-state index in [1.807, 2.05) is 41.1 Å². The van der Waals surface area contributed by atoms with Gasteiger partial charge in [0.05, 0.1) is 42.9 Å². The number of hydrogen-bond acceptors (Lipinski definition) is 6. The van der Waals surface area contributed by atoms with Crippen molar-refractivity contribution >= 4 is 28.5 Å². The molecule has 1 aliphatic heterocycles. The van der Waals surface area contributed by atoms with Gasteiger partial charge in [0, 0.05) is 5.02 Å². The highest BCUT2D eigenvalue weighted by Crippen LogP contribution is 2.28. The first kappa shape index (κ1) is 18.4. The Balaban J connectivity index is 1.31. The molecule has 0 saturated carbocycles. The molecule has 1 fully saturated rings. The van der Waals surface area contributed by atoms with Gasteiger partial charge in [0.1, 0.15) is 24.0 Å². The molecule has 2 aromatic carbocycles. The van der Waals surface area contributed by atoms with Crippen molar-refractivity contribution in [3.05, 3.63) is 77.2 Å². The van der Waals surface area contributed by atoms with Crippen LogP contribution in [-0.4, -0.2) is 38.9 Å². The van der Waals surface area contributed by atoms with Crippen molar-refractivity contribution in [2.75, 3.05) is 18.0 Å². The molecule has 148 valence electrons. The molecule has 0 bridgehead atoms. The zero-order valence-electron chi connectivity index (χ0n) is 15.9. The lowest BCUT2D eigenvalue weighted by Crippen LogP contribution is -2.54. The fraction of sp³-hybridized carbons (Fsp3) is 0.182. The van der Waals surface area contributed by atoms with Crippen LogP contribution < -0.4 is 9.64 Å². The van der Waals surface area contributed by atoms with Gasteiger partial charge < -0.3 is 9.64 Å². The van der Waals surface area contributed by atoms with E-state index in [1.165, 1.54) is 0 Å². The molecule has 1 aliphatic rings. The second-order valence-electron chi connectivity index (χ2n) is 7.15. The van der Waals surface area contributed by atoms with E-state index in [-0.39, 0.29) is 6.10 Å². The van der Waals surface area contributed by atoms with Crippen LogP contribution >= 0.6 is 11.6 Å². The predicted octanol–water partition coefficient (Wildman–Crippen LogP) is 3.67. The van der Waals surface area contributed by atoms with E-state index in [0.29, 0.717) is 36.0 Å². The maximum absolute atomic E-state index is 9.02. The Morgan fingerprint density at radius 2 is 2.00 bits per heavy atom. The number of nitrogens with zero attached hydrogens (tertiary/aromatic N) is 6. The standard InChI is InChI=1S/C22H17ClN6O/c23-17-5-1-4-16(7-17)11-29-22-20(10-27-29)21(25-14-26-22)28-12-19(13-28)30-18-6-2-3-15(8-18)9-24/h1-8,10,14,19H,11-13H2. The number of hydrogen-bond donors (Lipinski definition) is 0. The van der Waals surface area contributed by atoms with Gasteiger partial charge in [-0.2, -0.15) is 10.4 Å². The summed E-state index contributed by atoms with van der Waals surface area (Å²) in [5.41, 5.74) is 2.43. The van der Waals surface area contributed by atoms with E-state index in [1.54, 1.807) is 24.7 Å². The number of aromatic nitrogens is 4. The molecule has 2 aromatic heterocycles. The summed E-state index contributed by atoms with van der Waals surface area (Å²) < 4.78 is 7.84. The quantitative estimate of drug-likeness (QED) is 0.494. The van der Waals surface area contributed by atoms with Gasteiger partial charge in [-0.3, -0.25) is 0 Å². The largest absolute Gasteiger partial charge is 0.487 e. The summed E-state index contributed by atoms with van der Waals surface area (Å²) in [6, 6.07) is 17.1. The monoisotopic (exact) mass is 416 g/mol. The number of rotatable bonds is 5. The highest BCUT2D eigenvalue weighted by atomic mass is 35.5. The predicted molar refractivity (Wildman–Crippen MR) is 114 cm³/mol. The lowest BCUT2D eigenvalue weighted by atomic mass is 10.1. The van der Waals surface area contributed by atoms with Gasteiger partial charge in [-0.1, -0.05) is 29.8 Å². The summed E-state index contributed by atoms with van der Waals surface area (Å²) in [6.45, 7) is 2.01. The molecule has 3 heterocycles. The maximum atomic E-state index is 9.02. The Morgan fingerprint density at radius 3 is 2.83 bits per heavy atom. The number of fused-ring (bicyclic) bond motifs is 1. The first-order chi connectivity index (χ1) is 14.7. The highest BCUT2D eigenvalue weighted by Gasteiger charge is 2.31. The van der Waals surface area contributed by atoms with Crippen LogP contribution in [0.1, 0.15) is 11.1 Å². The number of nitriles is 1. The van der Waals surface area contributed by atoms with E-state index in [4.69, 9.17) is 21.6 Å². The van der Waals surface area contributed by atoms with Crippen LogP contribution in [0.5, 0.6) is 5.75 Å². The Kier molecular flexibility index (Phi) is 4.69. The topological polar surface area (TPSA) is 79.9 Å². The molecule has 8 heteroatoms. The van der Waals surface area contributed by atoms with Crippen LogP contribution in [0.4, 0.5) is 5.82 Å². The summed E-state index contributed by atoms with van der Waals surface area (Å²) in [6.07, 6.45) is 3.42. The Labute approximate surface area is 178 Å². The van der Waals surface area contributed by atoms with Crippen molar-refractivity contribution in [3.8, 4) is 11.8 Å². The van der Waals surface area contributed by atoms with Gasteiger partial charge in [-0.15, -0.1) is 0 Å². The first-order valence-electron chi connectivity index (χ1n) is 9.52. The minimum Gasteiger partial charge on any atom is -0.487 e. The smallest absolute Gasteiger partial charge is 0.163 e. The van der Waals surface area contributed by atoms with Gasteiger partial charge in [0.2, 0.25) is 0 Å². The number of halogens is 1. The third kappa shape index (κ3) is 3.53. The molecule has 0 radical (unpaired) electrons. The first-order valence-corrected chi connectivity index (χ1v) is 9.90.